The summed E-state index contributed by atoms with van der Waals surface area (Å²) in [5, 5.41) is 11.3. The number of ether oxygens (including phenoxy) is 2. The van der Waals surface area contributed by atoms with Crippen LogP contribution in [0.25, 0.3) is 11.0 Å². The molecule has 3 aromatic rings. The number of rotatable bonds is 8. The molecule has 12 heteroatoms. The Balaban J connectivity index is 0.00000181. The molecule has 0 radical (unpaired) electrons. The largest absolute Gasteiger partial charge is 0.478 e. The van der Waals surface area contributed by atoms with Gasteiger partial charge in [-0.15, -0.1) is 29.9 Å². The number of hydrogen-bond donors (Lipinski definition) is 2. The predicted molar refractivity (Wildman–Crippen MR) is 130 cm³/mol. The first-order valence-corrected chi connectivity index (χ1v) is 10.2. The number of aryl methyl sites for hydroxylation is 1. The first-order valence-electron chi connectivity index (χ1n) is 10.2. The van der Waals surface area contributed by atoms with Crippen LogP contribution in [0.1, 0.15) is 12.5 Å². The van der Waals surface area contributed by atoms with Crippen LogP contribution in [0.5, 0.6) is 5.88 Å². The van der Waals surface area contributed by atoms with Crippen LogP contribution in [0.3, 0.4) is 0 Å². The summed E-state index contributed by atoms with van der Waals surface area (Å²) in [5.74, 6) is 2.50. The number of piperazine rings is 1. The normalized spacial score (nSPS) is 13.4. The number of anilines is 3. The van der Waals surface area contributed by atoms with Gasteiger partial charge in [-0.25, -0.2) is 9.97 Å². The average molecular weight is 485 g/mol. The first kappa shape index (κ1) is 25.9. The van der Waals surface area contributed by atoms with Crippen LogP contribution < -0.4 is 20.3 Å². The van der Waals surface area contributed by atoms with E-state index in [1.54, 1.807) is 13.3 Å². The van der Waals surface area contributed by atoms with Crippen LogP contribution in [-0.4, -0.2) is 71.2 Å². The minimum atomic E-state index is 0. The van der Waals surface area contributed by atoms with E-state index in [0.717, 1.165) is 43.1 Å². The van der Waals surface area contributed by atoms with Gasteiger partial charge in [-0.1, -0.05) is 0 Å². The van der Waals surface area contributed by atoms with Crippen molar-refractivity contribution in [3.05, 3.63) is 23.9 Å². The number of aromatic nitrogens is 5. The molecule has 176 valence electrons. The summed E-state index contributed by atoms with van der Waals surface area (Å²) < 4.78 is 12.9. The topological polar surface area (TPSA) is 102 Å². The van der Waals surface area contributed by atoms with Crippen molar-refractivity contribution in [1.82, 2.24) is 30.0 Å². The molecule has 1 aliphatic heterocycles. The molecule has 1 aliphatic rings. The van der Waals surface area contributed by atoms with Gasteiger partial charge in [0.25, 0.3) is 5.88 Å². The summed E-state index contributed by atoms with van der Waals surface area (Å²) in [6, 6.07) is 3.94. The maximum atomic E-state index is 5.54. The number of nitrogens with zero attached hydrogens (tertiary/aromatic N) is 6. The van der Waals surface area contributed by atoms with Crippen molar-refractivity contribution >= 4 is 53.4 Å². The predicted octanol–water partition coefficient (Wildman–Crippen LogP) is 2.57. The highest BCUT2D eigenvalue weighted by Gasteiger charge is 2.23. The van der Waals surface area contributed by atoms with Gasteiger partial charge < -0.3 is 25.0 Å². The molecule has 0 unspecified atom stereocenters. The van der Waals surface area contributed by atoms with Gasteiger partial charge in [0.2, 0.25) is 5.95 Å². The smallest absolute Gasteiger partial charge is 0.259 e. The third-order valence-corrected chi connectivity index (χ3v) is 4.95. The lowest BCUT2D eigenvalue weighted by Crippen LogP contribution is -2.44. The number of pyridine rings is 1. The second-order valence-electron chi connectivity index (χ2n) is 7.08. The molecular formula is C20H30Cl2N8O2. The highest BCUT2D eigenvalue weighted by Crippen LogP contribution is 2.31. The molecule has 2 N–H and O–H groups in total. The van der Waals surface area contributed by atoms with Gasteiger partial charge in [-0.2, -0.15) is 4.98 Å². The van der Waals surface area contributed by atoms with Crippen LogP contribution in [-0.2, 0) is 11.3 Å². The van der Waals surface area contributed by atoms with E-state index in [-0.39, 0.29) is 24.8 Å². The van der Waals surface area contributed by atoms with Crippen molar-refractivity contribution in [1.29, 1.82) is 0 Å². The van der Waals surface area contributed by atoms with E-state index in [2.05, 4.69) is 25.6 Å². The standard InChI is InChI=1S/C20H28N8O2.2ClH/c1-4-30-12-11-28-17-16(19(26-28)29-3)24-20(27-9-7-21-8-10-27)25-18(17)23-15-13-14(2)5-6-22-15;;/h5-6,13,21H,4,7-12H2,1-3H3,(H,22,23,24,25);2*1H. The van der Waals surface area contributed by atoms with Crippen molar-refractivity contribution in [3.63, 3.8) is 0 Å². The third-order valence-electron chi connectivity index (χ3n) is 4.95. The SMILES string of the molecule is CCOCCn1nc(OC)c2nc(N3CCNCC3)nc(Nc3cc(C)ccn3)c21.Cl.Cl. The van der Waals surface area contributed by atoms with Gasteiger partial charge in [-0.05, 0) is 31.5 Å². The van der Waals surface area contributed by atoms with Crippen LogP contribution in [0.15, 0.2) is 18.3 Å². The molecule has 1 saturated heterocycles. The summed E-state index contributed by atoms with van der Waals surface area (Å²) in [6.07, 6.45) is 1.78. The summed E-state index contributed by atoms with van der Waals surface area (Å²) in [6.45, 7) is 9.24. The maximum absolute atomic E-state index is 5.54. The highest BCUT2D eigenvalue weighted by molar-refractivity contribution is 5.92. The Hall–Kier alpha value is -2.40. The second-order valence-corrected chi connectivity index (χ2v) is 7.08. The summed E-state index contributed by atoms with van der Waals surface area (Å²) >= 11 is 0. The van der Waals surface area contributed by atoms with Crippen molar-refractivity contribution < 1.29 is 9.47 Å². The molecule has 0 spiro atoms. The van der Waals surface area contributed by atoms with Gasteiger partial charge in [0.15, 0.2) is 11.3 Å². The van der Waals surface area contributed by atoms with Crippen LogP contribution in [0, 0.1) is 6.92 Å². The zero-order valence-electron chi connectivity index (χ0n) is 18.5. The van der Waals surface area contributed by atoms with Crippen molar-refractivity contribution in [2.45, 2.75) is 20.4 Å². The minimum absolute atomic E-state index is 0. The summed E-state index contributed by atoms with van der Waals surface area (Å²) in [4.78, 5) is 16.3. The second kappa shape index (κ2) is 12.0. The van der Waals surface area contributed by atoms with Crippen molar-refractivity contribution in [2.24, 2.45) is 0 Å². The van der Waals surface area contributed by atoms with Gasteiger partial charge in [0, 0.05) is 39.0 Å². The van der Waals surface area contributed by atoms with Gasteiger partial charge in [-0.3, -0.25) is 4.68 Å². The zero-order valence-corrected chi connectivity index (χ0v) is 20.1. The molecule has 0 saturated carbocycles. The molecule has 1 fully saturated rings. The van der Waals surface area contributed by atoms with Gasteiger partial charge >= 0.3 is 0 Å². The van der Waals surface area contributed by atoms with Gasteiger partial charge in [0.05, 0.1) is 20.3 Å². The molecule has 0 atom stereocenters. The monoisotopic (exact) mass is 484 g/mol. The molecule has 10 nitrogen and oxygen atoms in total. The number of methoxy groups -OCH3 is 1. The van der Waals surface area contributed by atoms with Crippen molar-refractivity contribution in [2.75, 3.05) is 56.7 Å². The number of fused-ring (bicyclic) bond motifs is 1. The minimum Gasteiger partial charge on any atom is -0.478 e. The summed E-state index contributed by atoms with van der Waals surface area (Å²) in [5.41, 5.74) is 2.56. The Kier molecular flexibility index (Phi) is 9.70. The number of nitrogens with one attached hydrogen (secondary N) is 2. The lowest BCUT2D eigenvalue weighted by molar-refractivity contribution is 0.137. The summed E-state index contributed by atoms with van der Waals surface area (Å²) in [7, 11) is 1.61. The molecule has 4 heterocycles. The lowest BCUT2D eigenvalue weighted by atomic mass is 10.3. The molecular weight excluding hydrogens is 455 g/mol. The van der Waals surface area contributed by atoms with Crippen LogP contribution in [0.2, 0.25) is 0 Å². The van der Waals surface area contributed by atoms with Crippen LogP contribution in [0.4, 0.5) is 17.6 Å². The number of hydrogen-bond acceptors (Lipinski definition) is 9. The first-order chi connectivity index (χ1) is 14.7. The van der Waals surface area contributed by atoms with E-state index in [1.165, 1.54) is 0 Å². The zero-order chi connectivity index (χ0) is 20.9. The average Bonchev–Trinajstić information content (AvgIpc) is 3.12. The Morgan fingerprint density at radius 2 is 1.97 bits per heavy atom. The third kappa shape index (κ3) is 5.69. The van der Waals surface area contributed by atoms with E-state index >= 15 is 0 Å². The Morgan fingerprint density at radius 1 is 1.19 bits per heavy atom. The maximum Gasteiger partial charge on any atom is 0.259 e. The molecule has 4 rings (SSSR count). The van der Waals surface area contributed by atoms with Gasteiger partial charge in [0.1, 0.15) is 11.3 Å². The van der Waals surface area contributed by atoms with Crippen molar-refractivity contribution in [3.8, 4) is 5.88 Å². The van der Waals surface area contributed by atoms with E-state index < -0.39 is 0 Å². The molecule has 0 bridgehead atoms. The van der Waals surface area contributed by atoms with Crippen LogP contribution >= 0.6 is 24.8 Å². The Labute approximate surface area is 199 Å². The number of halogens is 2. The fourth-order valence-corrected chi connectivity index (χ4v) is 3.46. The van der Waals surface area contributed by atoms with E-state index in [4.69, 9.17) is 19.4 Å². The van der Waals surface area contributed by atoms with E-state index in [1.807, 2.05) is 30.7 Å². The highest BCUT2D eigenvalue weighted by atomic mass is 35.5. The molecule has 0 aromatic carbocycles. The molecule has 0 aliphatic carbocycles. The molecule has 32 heavy (non-hydrogen) atoms. The quantitative estimate of drug-likeness (QED) is 0.466. The van der Waals surface area contributed by atoms with E-state index in [9.17, 15) is 0 Å². The fourth-order valence-electron chi connectivity index (χ4n) is 3.46. The lowest BCUT2D eigenvalue weighted by Gasteiger charge is -2.27. The molecule has 3 aromatic heterocycles. The molecule has 0 amide bonds. The fraction of sp³-hybridized carbons (Fsp3) is 0.500. The Bertz CT molecular complexity index is 1010. The Morgan fingerprint density at radius 3 is 2.66 bits per heavy atom. The van der Waals surface area contributed by atoms with E-state index in [0.29, 0.717) is 42.9 Å².